The molecule has 3 heterocycles. The molecule has 0 radical (unpaired) electrons. The van der Waals surface area contributed by atoms with Crippen LogP contribution in [0.3, 0.4) is 0 Å². The molecule has 0 amide bonds. The minimum absolute atomic E-state index is 0.951. The molecule has 0 saturated heterocycles. The van der Waals surface area contributed by atoms with E-state index in [1.165, 1.54) is 16.7 Å². The van der Waals surface area contributed by atoms with Gasteiger partial charge in [0.05, 0.1) is 11.4 Å². The Morgan fingerprint density at radius 2 is 2.04 bits per heavy atom. The Morgan fingerprint density at radius 3 is 2.83 bits per heavy atom. The third-order valence-electron chi connectivity index (χ3n) is 4.21. The molecule has 0 saturated carbocycles. The molecule has 1 aliphatic heterocycles. The number of fused-ring (bicyclic) bond motifs is 1. The van der Waals surface area contributed by atoms with Crippen LogP contribution < -0.4 is 5.32 Å². The molecule has 116 valence electrons. The Morgan fingerprint density at radius 1 is 1.17 bits per heavy atom. The molecule has 0 unspecified atom stereocenters. The van der Waals surface area contributed by atoms with Crippen LogP contribution in [0.15, 0.2) is 41.1 Å². The lowest BCUT2D eigenvalue weighted by Crippen LogP contribution is -2.05. The quantitative estimate of drug-likeness (QED) is 0.733. The van der Waals surface area contributed by atoms with E-state index in [9.17, 15) is 0 Å². The van der Waals surface area contributed by atoms with Gasteiger partial charge in [0, 0.05) is 34.5 Å². The molecule has 0 atom stereocenters. The molecule has 4 nitrogen and oxygen atoms in total. The molecule has 0 fully saturated rings. The van der Waals surface area contributed by atoms with E-state index >= 15 is 0 Å². The topological polar surface area (TPSA) is 42.7 Å². The van der Waals surface area contributed by atoms with E-state index in [-0.39, 0.29) is 0 Å². The first-order chi connectivity index (χ1) is 11.1. The highest BCUT2D eigenvalue weighted by molar-refractivity contribution is 9.10. The number of hydrogen-bond acceptors (Lipinski definition) is 3. The predicted molar refractivity (Wildman–Crippen MR) is 96.2 cm³/mol. The maximum absolute atomic E-state index is 4.90. The lowest BCUT2D eigenvalue weighted by Gasteiger charge is -2.10. The van der Waals surface area contributed by atoms with E-state index in [2.05, 4.69) is 64.3 Å². The van der Waals surface area contributed by atoms with Crippen molar-refractivity contribution in [3.63, 3.8) is 0 Å². The fraction of sp³-hybridized carbons (Fsp3) is 0.222. The summed E-state index contributed by atoms with van der Waals surface area (Å²) in [5.74, 6) is 1.10. The monoisotopic (exact) mass is 368 g/mol. The number of nitrogens with zero attached hydrogens (tertiary/aromatic N) is 3. The van der Waals surface area contributed by atoms with Crippen LogP contribution in [0.1, 0.15) is 16.7 Å². The summed E-state index contributed by atoms with van der Waals surface area (Å²) in [5, 5.41) is 8.38. The van der Waals surface area contributed by atoms with Gasteiger partial charge in [-0.3, -0.25) is 4.98 Å². The van der Waals surface area contributed by atoms with Crippen molar-refractivity contribution in [3.05, 3.63) is 57.8 Å². The number of rotatable bonds is 2. The van der Waals surface area contributed by atoms with Crippen molar-refractivity contribution in [3.8, 4) is 16.9 Å². The SMILES string of the molecule is Cc1ccc(-n2nc(-c3cncc(Br)c3)c3c2NCC3)c(C)c1. The van der Waals surface area contributed by atoms with Crippen molar-refractivity contribution in [2.45, 2.75) is 20.3 Å². The summed E-state index contributed by atoms with van der Waals surface area (Å²) in [6, 6.07) is 8.53. The number of aromatic nitrogens is 3. The Bertz CT molecular complexity index is 898. The van der Waals surface area contributed by atoms with Gasteiger partial charge in [-0.15, -0.1) is 0 Å². The van der Waals surface area contributed by atoms with Crippen LogP contribution in [0.25, 0.3) is 16.9 Å². The van der Waals surface area contributed by atoms with E-state index in [0.717, 1.165) is 40.2 Å². The van der Waals surface area contributed by atoms with Gasteiger partial charge in [-0.25, -0.2) is 4.68 Å². The summed E-state index contributed by atoms with van der Waals surface area (Å²) in [4.78, 5) is 4.28. The number of nitrogens with one attached hydrogen (secondary N) is 1. The lowest BCUT2D eigenvalue weighted by molar-refractivity contribution is 0.874. The van der Waals surface area contributed by atoms with E-state index in [0.29, 0.717) is 0 Å². The minimum Gasteiger partial charge on any atom is -0.369 e. The van der Waals surface area contributed by atoms with Crippen LogP contribution in [-0.4, -0.2) is 21.3 Å². The van der Waals surface area contributed by atoms with Crippen molar-refractivity contribution >= 4 is 21.7 Å². The minimum atomic E-state index is 0.951. The number of anilines is 1. The van der Waals surface area contributed by atoms with Crippen LogP contribution in [0.4, 0.5) is 5.82 Å². The molecule has 1 aromatic carbocycles. The van der Waals surface area contributed by atoms with Gasteiger partial charge in [0.2, 0.25) is 0 Å². The van der Waals surface area contributed by atoms with Crippen LogP contribution in [0.5, 0.6) is 0 Å². The fourth-order valence-electron chi connectivity index (χ4n) is 3.17. The molecule has 1 aliphatic rings. The second-order valence-corrected chi connectivity index (χ2v) is 6.86. The molecule has 0 bridgehead atoms. The molecule has 3 aromatic rings. The van der Waals surface area contributed by atoms with Crippen LogP contribution in [-0.2, 0) is 6.42 Å². The Hall–Kier alpha value is -2.14. The van der Waals surface area contributed by atoms with Crippen LogP contribution >= 0.6 is 15.9 Å². The first-order valence-electron chi connectivity index (χ1n) is 7.68. The van der Waals surface area contributed by atoms with Gasteiger partial charge in [-0.05, 0) is 53.9 Å². The van der Waals surface area contributed by atoms with Crippen molar-refractivity contribution in [2.75, 3.05) is 11.9 Å². The zero-order chi connectivity index (χ0) is 16.0. The lowest BCUT2D eigenvalue weighted by atomic mass is 10.1. The molecule has 23 heavy (non-hydrogen) atoms. The van der Waals surface area contributed by atoms with E-state index in [4.69, 9.17) is 5.10 Å². The standard InChI is InChI=1S/C18H17BrN4/c1-11-3-4-16(12(2)7-11)23-18-15(5-6-21-18)17(22-23)13-8-14(19)10-20-9-13/h3-4,7-10,21H,5-6H2,1-2H3. The highest BCUT2D eigenvalue weighted by atomic mass is 79.9. The van der Waals surface area contributed by atoms with Crippen molar-refractivity contribution in [1.82, 2.24) is 14.8 Å². The third-order valence-corrected chi connectivity index (χ3v) is 4.64. The van der Waals surface area contributed by atoms with E-state index < -0.39 is 0 Å². The van der Waals surface area contributed by atoms with Crippen molar-refractivity contribution in [1.29, 1.82) is 0 Å². The third kappa shape index (κ3) is 2.45. The second-order valence-electron chi connectivity index (χ2n) is 5.95. The van der Waals surface area contributed by atoms with Crippen LogP contribution in [0.2, 0.25) is 0 Å². The first-order valence-corrected chi connectivity index (χ1v) is 8.47. The average molecular weight is 369 g/mol. The number of hydrogen-bond donors (Lipinski definition) is 1. The van der Waals surface area contributed by atoms with Gasteiger partial charge in [0.25, 0.3) is 0 Å². The van der Waals surface area contributed by atoms with E-state index in [1.807, 2.05) is 10.9 Å². The molecule has 5 heteroatoms. The Labute approximate surface area is 143 Å². The Balaban J connectivity index is 1.91. The fourth-order valence-corrected chi connectivity index (χ4v) is 3.53. The molecule has 0 aliphatic carbocycles. The maximum atomic E-state index is 4.90. The molecule has 2 aromatic heterocycles. The number of aryl methyl sites for hydroxylation is 2. The van der Waals surface area contributed by atoms with Gasteiger partial charge >= 0.3 is 0 Å². The van der Waals surface area contributed by atoms with Gasteiger partial charge < -0.3 is 5.32 Å². The van der Waals surface area contributed by atoms with Gasteiger partial charge in [0.15, 0.2) is 0 Å². The normalized spacial score (nSPS) is 13.0. The zero-order valence-electron chi connectivity index (χ0n) is 13.1. The first kappa shape index (κ1) is 14.5. The Kier molecular flexibility index (Phi) is 3.45. The molecule has 0 spiro atoms. The van der Waals surface area contributed by atoms with E-state index in [1.54, 1.807) is 6.20 Å². The summed E-state index contributed by atoms with van der Waals surface area (Å²) in [5.41, 5.74) is 6.93. The largest absolute Gasteiger partial charge is 0.369 e. The van der Waals surface area contributed by atoms with Gasteiger partial charge in [0.1, 0.15) is 5.82 Å². The summed E-state index contributed by atoms with van der Waals surface area (Å²) < 4.78 is 3.00. The smallest absolute Gasteiger partial charge is 0.133 e. The average Bonchev–Trinajstić information content (AvgIpc) is 3.10. The molecule has 1 N–H and O–H groups in total. The summed E-state index contributed by atoms with van der Waals surface area (Å²) in [6.45, 7) is 5.19. The number of pyridine rings is 1. The second kappa shape index (κ2) is 5.49. The zero-order valence-corrected chi connectivity index (χ0v) is 14.7. The van der Waals surface area contributed by atoms with Crippen molar-refractivity contribution in [2.24, 2.45) is 0 Å². The summed E-state index contributed by atoms with van der Waals surface area (Å²) in [6.07, 6.45) is 4.66. The van der Waals surface area contributed by atoms with Crippen molar-refractivity contribution < 1.29 is 0 Å². The molecular formula is C18H17BrN4. The molecule has 4 rings (SSSR count). The highest BCUT2D eigenvalue weighted by Gasteiger charge is 2.24. The molecular weight excluding hydrogens is 352 g/mol. The summed E-state index contributed by atoms with van der Waals surface area (Å²) in [7, 11) is 0. The van der Waals surface area contributed by atoms with Crippen LogP contribution in [0, 0.1) is 13.8 Å². The number of benzene rings is 1. The van der Waals surface area contributed by atoms with Gasteiger partial charge in [-0.2, -0.15) is 5.10 Å². The van der Waals surface area contributed by atoms with Gasteiger partial charge in [-0.1, -0.05) is 17.7 Å². The maximum Gasteiger partial charge on any atom is 0.133 e. The highest BCUT2D eigenvalue weighted by Crippen LogP contribution is 2.35. The summed E-state index contributed by atoms with van der Waals surface area (Å²) >= 11 is 3.50. The number of halogens is 1. The predicted octanol–water partition coefficient (Wildman–Crippen LogP) is 4.28.